The Bertz CT molecular complexity index is 2070. The number of hydrogen-bond donors (Lipinski definition) is 3. The number of allylic oxidation sites excluding steroid dienone is 4. The van der Waals surface area contributed by atoms with Gasteiger partial charge in [0.05, 0.1) is 26.4 Å². The van der Waals surface area contributed by atoms with E-state index >= 15 is 0 Å². The van der Waals surface area contributed by atoms with E-state index in [1.165, 1.54) is 244 Å². The van der Waals surface area contributed by atoms with Gasteiger partial charge in [0, 0.05) is 25.7 Å². The third kappa shape index (κ3) is 77.7. The smallest absolute Gasteiger partial charge is 0.462 e. The Hall–Kier alpha value is -2.46. The molecule has 0 heterocycles. The summed E-state index contributed by atoms with van der Waals surface area (Å²) >= 11 is 0. The summed E-state index contributed by atoms with van der Waals surface area (Å²) in [5, 5.41) is 10.7. The lowest BCUT2D eigenvalue weighted by molar-refractivity contribution is -0.161. The Labute approximate surface area is 637 Å². The molecule has 0 saturated heterocycles. The molecular formula is C85H162O17P2. The van der Waals surface area contributed by atoms with Crippen molar-refractivity contribution in [2.24, 2.45) is 5.92 Å². The predicted molar refractivity (Wildman–Crippen MR) is 428 cm³/mol. The van der Waals surface area contributed by atoms with Crippen molar-refractivity contribution in [1.29, 1.82) is 0 Å². The van der Waals surface area contributed by atoms with Crippen LogP contribution in [-0.4, -0.2) is 96.7 Å². The molecule has 17 nitrogen and oxygen atoms in total. The van der Waals surface area contributed by atoms with Gasteiger partial charge in [-0.2, -0.15) is 0 Å². The van der Waals surface area contributed by atoms with Crippen molar-refractivity contribution in [2.75, 3.05) is 39.6 Å². The second-order valence-electron chi connectivity index (χ2n) is 30.4. The molecule has 0 aromatic carbocycles. The third-order valence-electron chi connectivity index (χ3n) is 19.4. The normalized spacial score (nSPS) is 13.9. The van der Waals surface area contributed by atoms with E-state index in [0.717, 1.165) is 109 Å². The summed E-state index contributed by atoms with van der Waals surface area (Å²) in [6.07, 6.45) is 72.9. The Balaban J connectivity index is 5.27. The van der Waals surface area contributed by atoms with Crippen LogP contribution in [-0.2, 0) is 65.4 Å². The van der Waals surface area contributed by atoms with Crippen molar-refractivity contribution < 1.29 is 80.2 Å². The number of aliphatic hydroxyl groups excluding tert-OH is 1. The minimum Gasteiger partial charge on any atom is -0.462 e. The fourth-order valence-electron chi connectivity index (χ4n) is 12.8. The molecule has 614 valence electrons. The van der Waals surface area contributed by atoms with E-state index in [-0.39, 0.29) is 25.7 Å². The van der Waals surface area contributed by atoms with Gasteiger partial charge < -0.3 is 33.8 Å². The molecule has 0 aliphatic rings. The first kappa shape index (κ1) is 102. The molecule has 0 aliphatic heterocycles. The fourth-order valence-corrected chi connectivity index (χ4v) is 14.3. The van der Waals surface area contributed by atoms with Crippen molar-refractivity contribution in [1.82, 2.24) is 0 Å². The molecule has 19 heteroatoms. The van der Waals surface area contributed by atoms with Gasteiger partial charge in [-0.15, -0.1) is 0 Å². The highest BCUT2D eigenvalue weighted by Crippen LogP contribution is 2.45. The van der Waals surface area contributed by atoms with E-state index in [2.05, 4.69) is 58.9 Å². The number of carbonyl (C=O) groups is 4. The Kier molecular flexibility index (Phi) is 75.4. The van der Waals surface area contributed by atoms with E-state index < -0.39 is 97.5 Å². The molecule has 5 atom stereocenters. The van der Waals surface area contributed by atoms with Crippen molar-refractivity contribution in [3.8, 4) is 0 Å². The van der Waals surface area contributed by atoms with Crippen LogP contribution in [0.15, 0.2) is 24.3 Å². The number of hydrogen-bond acceptors (Lipinski definition) is 15. The highest BCUT2D eigenvalue weighted by Gasteiger charge is 2.30. The second-order valence-corrected chi connectivity index (χ2v) is 33.3. The summed E-state index contributed by atoms with van der Waals surface area (Å²) in [7, 11) is -9.94. The quantitative estimate of drug-likeness (QED) is 0.0169. The van der Waals surface area contributed by atoms with Crippen LogP contribution >= 0.6 is 15.6 Å². The van der Waals surface area contributed by atoms with Gasteiger partial charge in [0.2, 0.25) is 0 Å². The number of rotatable bonds is 83. The number of phosphoric ester groups is 2. The molecular weight excluding hydrogens is 1350 g/mol. The number of aliphatic hydroxyl groups is 1. The van der Waals surface area contributed by atoms with Gasteiger partial charge in [-0.05, 0) is 57.3 Å². The summed E-state index contributed by atoms with van der Waals surface area (Å²) in [6.45, 7) is 7.32. The van der Waals surface area contributed by atoms with Crippen LogP contribution in [0.4, 0.5) is 0 Å². The highest BCUT2D eigenvalue weighted by atomic mass is 31.2. The molecule has 0 aliphatic carbocycles. The average molecular weight is 1520 g/mol. The maximum absolute atomic E-state index is 13.1. The summed E-state index contributed by atoms with van der Waals surface area (Å²) < 4.78 is 68.8. The van der Waals surface area contributed by atoms with Crippen LogP contribution in [0, 0.1) is 5.92 Å². The minimum atomic E-state index is -4.97. The number of esters is 4. The standard InChI is InChI=1S/C85H162O17P2/c1-6-9-12-15-18-21-24-26-28-29-30-31-36-39-44-49-54-59-64-69-83(88)96-75-81(102-85(90)71-66-61-56-51-46-41-37-33-32-35-38-43-47-52-57-62-67-78(4)5)77-100-104(93,94)98-73-79(86)72-97-103(91,92)99-76-80(74-95-82(87)68-63-58-53-48-42-23-20-17-14-11-8-3)101-84(89)70-65-60-55-50-45-40-34-27-25-22-19-16-13-10-7-2/h22,25,27,34,78-81,86H,6-21,23-24,26,28-33,35-77H2,1-5H3,(H,91,92)(H,93,94)/b25-22-,34-27-/t79-,80+,81+/m0/s1. The van der Waals surface area contributed by atoms with Crippen molar-refractivity contribution in [3.05, 3.63) is 24.3 Å². The number of ether oxygens (including phenoxy) is 4. The highest BCUT2D eigenvalue weighted by molar-refractivity contribution is 7.47. The summed E-state index contributed by atoms with van der Waals surface area (Å²) in [5.41, 5.74) is 0. The van der Waals surface area contributed by atoms with Gasteiger partial charge in [0.25, 0.3) is 0 Å². The van der Waals surface area contributed by atoms with Gasteiger partial charge in [0.15, 0.2) is 12.2 Å². The predicted octanol–water partition coefficient (Wildman–Crippen LogP) is 25.5. The number of phosphoric acid groups is 2. The molecule has 0 fully saturated rings. The van der Waals surface area contributed by atoms with Crippen LogP contribution in [0.3, 0.4) is 0 Å². The first-order valence-electron chi connectivity index (χ1n) is 43.5. The van der Waals surface area contributed by atoms with Gasteiger partial charge in [-0.1, -0.05) is 380 Å². The van der Waals surface area contributed by atoms with Crippen molar-refractivity contribution >= 4 is 39.5 Å². The van der Waals surface area contributed by atoms with E-state index in [4.69, 9.17) is 37.0 Å². The van der Waals surface area contributed by atoms with Crippen LogP contribution in [0.2, 0.25) is 0 Å². The minimum absolute atomic E-state index is 0.0857. The fraction of sp³-hybridized carbons (Fsp3) is 0.906. The molecule has 0 aromatic rings. The van der Waals surface area contributed by atoms with Crippen LogP contribution < -0.4 is 0 Å². The topological polar surface area (TPSA) is 237 Å². The van der Waals surface area contributed by atoms with Crippen molar-refractivity contribution in [2.45, 2.75) is 451 Å². The lowest BCUT2D eigenvalue weighted by Gasteiger charge is -2.21. The summed E-state index contributed by atoms with van der Waals surface area (Å²) in [6, 6.07) is 0. The Morgan fingerprint density at radius 1 is 0.298 bits per heavy atom. The first-order valence-corrected chi connectivity index (χ1v) is 46.4. The number of carbonyl (C=O) groups excluding carboxylic acids is 4. The molecule has 0 aromatic heterocycles. The molecule has 0 bridgehead atoms. The lowest BCUT2D eigenvalue weighted by atomic mass is 10.0. The van der Waals surface area contributed by atoms with E-state index in [0.29, 0.717) is 25.7 Å². The van der Waals surface area contributed by atoms with Gasteiger partial charge in [0.1, 0.15) is 19.3 Å². The first-order chi connectivity index (χ1) is 50.5. The zero-order valence-electron chi connectivity index (χ0n) is 67.7. The molecule has 0 spiro atoms. The van der Waals surface area contributed by atoms with E-state index in [9.17, 15) is 43.2 Å². The zero-order valence-corrected chi connectivity index (χ0v) is 69.4. The van der Waals surface area contributed by atoms with Gasteiger partial charge in [-0.25, -0.2) is 9.13 Å². The summed E-state index contributed by atoms with van der Waals surface area (Å²) in [4.78, 5) is 73.2. The molecule has 0 radical (unpaired) electrons. The monoisotopic (exact) mass is 1520 g/mol. The molecule has 104 heavy (non-hydrogen) atoms. The Morgan fingerprint density at radius 3 is 0.788 bits per heavy atom. The molecule has 0 amide bonds. The van der Waals surface area contributed by atoms with Crippen LogP contribution in [0.25, 0.3) is 0 Å². The van der Waals surface area contributed by atoms with Crippen LogP contribution in [0.1, 0.15) is 433 Å². The largest absolute Gasteiger partial charge is 0.472 e. The SMILES string of the molecule is CCCCCC/C=C\C=C/CCCCCCCC(=O)O[C@H](COC(=O)CCCCCCCCCCCCC)COP(=O)(O)OC[C@H](O)COP(=O)(O)OC[C@@H](COC(=O)CCCCCCCCCCCCCCCCCCCCC)OC(=O)CCCCCCCCCCCCCCCCCCC(C)C. The Morgan fingerprint density at radius 2 is 0.519 bits per heavy atom. The maximum atomic E-state index is 13.1. The van der Waals surface area contributed by atoms with E-state index in [1.807, 2.05) is 0 Å². The summed E-state index contributed by atoms with van der Waals surface area (Å²) in [5.74, 6) is -1.32. The van der Waals surface area contributed by atoms with Crippen molar-refractivity contribution in [3.63, 3.8) is 0 Å². The third-order valence-corrected chi connectivity index (χ3v) is 21.3. The van der Waals surface area contributed by atoms with Crippen LogP contribution in [0.5, 0.6) is 0 Å². The van der Waals surface area contributed by atoms with Gasteiger partial charge >= 0.3 is 39.5 Å². The van der Waals surface area contributed by atoms with E-state index in [1.54, 1.807) is 0 Å². The molecule has 0 saturated carbocycles. The molecule has 0 rings (SSSR count). The average Bonchev–Trinajstić information content (AvgIpc) is 0.902. The maximum Gasteiger partial charge on any atom is 0.472 e. The number of unbranched alkanes of at least 4 members (excludes halogenated alkanes) is 52. The zero-order chi connectivity index (χ0) is 76.2. The lowest BCUT2D eigenvalue weighted by Crippen LogP contribution is -2.30. The second kappa shape index (κ2) is 77.3. The van der Waals surface area contributed by atoms with Gasteiger partial charge in [-0.3, -0.25) is 37.3 Å². The molecule has 2 unspecified atom stereocenters. The molecule has 3 N–H and O–H groups in total.